The molecular formula is C22H21N3O3. The average Bonchev–Trinajstić information content (AvgIpc) is 3.38. The molecule has 0 aliphatic heterocycles. The zero-order valence-corrected chi connectivity index (χ0v) is 15.6. The van der Waals surface area contributed by atoms with Crippen molar-refractivity contribution in [1.29, 1.82) is 0 Å². The number of furan rings is 1. The number of fused-ring (bicyclic) bond motifs is 1. The predicted molar refractivity (Wildman–Crippen MR) is 107 cm³/mol. The molecule has 0 atom stereocenters. The van der Waals surface area contributed by atoms with Gasteiger partial charge in [-0.25, -0.2) is 4.98 Å². The van der Waals surface area contributed by atoms with Crippen LogP contribution >= 0.6 is 0 Å². The highest BCUT2D eigenvalue weighted by Gasteiger charge is 2.22. The number of nitrogens with one attached hydrogen (secondary N) is 1. The summed E-state index contributed by atoms with van der Waals surface area (Å²) < 4.78 is 13.2. The van der Waals surface area contributed by atoms with Crippen molar-refractivity contribution in [1.82, 2.24) is 14.9 Å². The van der Waals surface area contributed by atoms with E-state index in [1.165, 1.54) is 0 Å². The first-order valence-corrected chi connectivity index (χ1v) is 9.16. The van der Waals surface area contributed by atoms with Crippen molar-refractivity contribution in [2.24, 2.45) is 0 Å². The van der Waals surface area contributed by atoms with Gasteiger partial charge in [0.25, 0.3) is 5.91 Å². The molecule has 0 aliphatic rings. The first-order chi connectivity index (χ1) is 13.8. The Bertz CT molecular complexity index is 1070. The van der Waals surface area contributed by atoms with Crippen LogP contribution in [0.5, 0.6) is 5.75 Å². The number of carbonyl (C=O) groups excluding carboxylic acids is 1. The van der Waals surface area contributed by atoms with E-state index in [1.807, 2.05) is 53.2 Å². The predicted octanol–water partition coefficient (Wildman–Crippen LogP) is 4.13. The molecule has 0 saturated heterocycles. The van der Waals surface area contributed by atoms with Crippen LogP contribution in [0.15, 0.2) is 71.7 Å². The number of imidazole rings is 1. The molecule has 0 aliphatic carbocycles. The van der Waals surface area contributed by atoms with Gasteiger partial charge in [-0.3, -0.25) is 4.79 Å². The highest BCUT2D eigenvalue weighted by Crippen LogP contribution is 2.36. The molecule has 0 unspecified atom stereocenters. The maximum Gasteiger partial charge on any atom is 0.287 e. The van der Waals surface area contributed by atoms with Crippen LogP contribution < -0.4 is 10.1 Å². The SMILES string of the molecule is COc1ccc2c(-c3ccccc3)c(C(=O)NCCCn3ccnc3)oc2c1. The van der Waals surface area contributed by atoms with Gasteiger partial charge in [0.15, 0.2) is 0 Å². The number of aryl methyl sites for hydroxylation is 1. The van der Waals surface area contributed by atoms with Crippen molar-refractivity contribution < 1.29 is 13.9 Å². The molecule has 1 N–H and O–H groups in total. The number of rotatable bonds is 7. The van der Waals surface area contributed by atoms with Crippen LogP contribution in [0.25, 0.3) is 22.1 Å². The minimum absolute atomic E-state index is 0.223. The standard InChI is InChI=1S/C22H21N3O3/c1-27-17-8-9-18-19(14-17)28-21(20(18)16-6-3-2-4-7-16)22(26)24-10-5-12-25-13-11-23-15-25/h2-4,6-9,11,13-15H,5,10,12H2,1H3,(H,24,26). The quantitative estimate of drug-likeness (QED) is 0.493. The van der Waals surface area contributed by atoms with Gasteiger partial charge in [-0.15, -0.1) is 0 Å². The fourth-order valence-corrected chi connectivity index (χ4v) is 3.22. The molecule has 0 fully saturated rings. The first kappa shape index (κ1) is 17.9. The normalized spacial score (nSPS) is 10.9. The van der Waals surface area contributed by atoms with Crippen LogP contribution in [0.2, 0.25) is 0 Å². The molecule has 4 aromatic rings. The van der Waals surface area contributed by atoms with E-state index in [9.17, 15) is 4.79 Å². The summed E-state index contributed by atoms with van der Waals surface area (Å²) in [5.41, 5.74) is 2.36. The van der Waals surface area contributed by atoms with E-state index in [0.717, 1.165) is 29.5 Å². The van der Waals surface area contributed by atoms with Crippen LogP contribution in [-0.2, 0) is 6.54 Å². The summed E-state index contributed by atoms with van der Waals surface area (Å²) in [7, 11) is 1.61. The Hall–Kier alpha value is -3.54. The molecule has 2 heterocycles. The third-order valence-electron chi connectivity index (χ3n) is 4.60. The van der Waals surface area contributed by atoms with Gasteiger partial charge < -0.3 is 19.0 Å². The minimum atomic E-state index is -0.223. The zero-order valence-electron chi connectivity index (χ0n) is 15.6. The van der Waals surface area contributed by atoms with Gasteiger partial charge in [0, 0.05) is 42.5 Å². The highest BCUT2D eigenvalue weighted by molar-refractivity contribution is 6.08. The van der Waals surface area contributed by atoms with E-state index in [0.29, 0.717) is 23.6 Å². The van der Waals surface area contributed by atoms with Crippen LogP contribution in [0, 0.1) is 0 Å². The molecule has 4 rings (SSSR count). The molecular weight excluding hydrogens is 354 g/mol. The van der Waals surface area contributed by atoms with Gasteiger partial charge in [0.2, 0.25) is 5.76 Å². The summed E-state index contributed by atoms with van der Waals surface area (Å²) in [5.74, 6) is 0.782. The molecule has 2 aromatic carbocycles. The third-order valence-corrected chi connectivity index (χ3v) is 4.60. The third kappa shape index (κ3) is 3.62. The number of aromatic nitrogens is 2. The van der Waals surface area contributed by atoms with Gasteiger partial charge >= 0.3 is 0 Å². The first-order valence-electron chi connectivity index (χ1n) is 9.16. The second kappa shape index (κ2) is 8.00. The Kier molecular flexibility index (Phi) is 5.10. The Labute approximate surface area is 162 Å². The smallest absolute Gasteiger partial charge is 0.287 e. The lowest BCUT2D eigenvalue weighted by atomic mass is 10.0. The van der Waals surface area contributed by atoms with E-state index in [4.69, 9.17) is 9.15 Å². The summed E-state index contributed by atoms with van der Waals surface area (Å²) in [6.07, 6.45) is 6.22. The number of hydrogen-bond donors (Lipinski definition) is 1. The summed E-state index contributed by atoms with van der Waals surface area (Å²) in [6.45, 7) is 1.34. The summed E-state index contributed by atoms with van der Waals surface area (Å²) in [6, 6.07) is 15.4. The monoisotopic (exact) mass is 375 g/mol. The second-order valence-corrected chi connectivity index (χ2v) is 6.44. The number of amides is 1. The van der Waals surface area contributed by atoms with Crippen LogP contribution in [0.4, 0.5) is 0 Å². The fraction of sp³-hybridized carbons (Fsp3) is 0.182. The Morgan fingerprint density at radius 1 is 1.21 bits per heavy atom. The molecule has 28 heavy (non-hydrogen) atoms. The van der Waals surface area contributed by atoms with E-state index in [2.05, 4.69) is 10.3 Å². The molecule has 0 spiro atoms. The summed E-state index contributed by atoms with van der Waals surface area (Å²) in [5, 5.41) is 3.85. The number of hydrogen-bond acceptors (Lipinski definition) is 4. The number of methoxy groups -OCH3 is 1. The maximum atomic E-state index is 12.9. The molecule has 6 heteroatoms. The lowest BCUT2D eigenvalue weighted by Gasteiger charge is -2.06. The van der Waals surface area contributed by atoms with Gasteiger partial charge in [0.05, 0.1) is 13.4 Å². The summed E-state index contributed by atoms with van der Waals surface area (Å²) >= 11 is 0. The average molecular weight is 375 g/mol. The lowest BCUT2D eigenvalue weighted by Crippen LogP contribution is -2.25. The highest BCUT2D eigenvalue weighted by atomic mass is 16.5. The molecule has 1 amide bonds. The van der Waals surface area contributed by atoms with Gasteiger partial charge in [-0.2, -0.15) is 0 Å². The maximum absolute atomic E-state index is 12.9. The molecule has 6 nitrogen and oxygen atoms in total. The molecule has 0 saturated carbocycles. The minimum Gasteiger partial charge on any atom is -0.497 e. The number of benzene rings is 2. The Morgan fingerprint density at radius 3 is 2.82 bits per heavy atom. The zero-order chi connectivity index (χ0) is 19.3. The van der Waals surface area contributed by atoms with Crippen molar-refractivity contribution >= 4 is 16.9 Å². The van der Waals surface area contributed by atoms with Crippen molar-refractivity contribution in [2.75, 3.05) is 13.7 Å². The fourth-order valence-electron chi connectivity index (χ4n) is 3.22. The van der Waals surface area contributed by atoms with Gasteiger partial charge in [-0.1, -0.05) is 30.3 Å². The molecule has 142 valence electrons. The Morgan fingerprint density at radius 2 is 2.07 bits per heavy atom. The van der Waals surface area contributed by atoms with E-state index in [1.54, 1.807) is 25.7 Å². The van der Waals surface area contributed by atoms with E-state index >= 15 is 0 Å². The van der Waals surface area contributed by atoms with Gasteiger partial charge in [0.1, 0.15) is 11.3 Å². The largest absolute Gasteiger partial charge is 0.497 e. The van der Waals surface area contributed by atoms with Gasteiger partial charge in [-0.05, 0) is 24.1 Å². The van der Waals surface area contributed by atoms with Crippen molar-refractivity contribution in [3.8, 4) is 16.9 Å². The van der Waals surface area contributed by atoms with E-state index in [-0.39, 0.29) is 5.91 Å². The Balaban J connectivity index is 1.60. The molecule has 0 radical (unpaired) electrons. The lowest BCUT2D eigenvalue weighted by molar-refractivity contribution is 0.0928. The summed E-state index contributed by atoms with van der Waals surface area (Å²) in [4.78, 5) is 16.9. The van der Waals surface area contributed by atoms with Crippen molar-refractivity contribution in [3.05, 3.63) is 73.0 Å². The van der Waals surface area contributed by atoms with Crippen LogP contribution in [0.3, 0.4) is 0 Å². The molecule has 2 aromatic heterocycles. The van der Waals surface area contributed by atoms with Crippen molar-refractivity contribution in [3.63, 3.8) is 0 Å². The molecule has 0 bridgehead atoms. The van der Waals surface area contributed by atoms with Crippen LogP contribution in [0.1, 0.15) is 17.0 Å². The van der Waals surface area contributed by atoms with E-state index < -0.39 is 0 Å². The van der Waals surface area contributed by atoms with Crippen molar-refractivity contribution in [2.45, 2.75) is 13.0 Å². The van der Waals surface area contributed by atoms with Crippen LogP contribution in [-0.4, -0.2) is 29.1 Å². The number of ether oxygens (including phenoxy) is 1. The second-order valence-electron chi connectivity index (χ2n) is 6.44. The number of carbonyl (C=O) groups is 1. The number of nitrogens with zero attached hydrogens (tertiary/aromatic N) is 2. The topological polar surface area (TPSA) is 69.3 Å².